The van der Waals surface area contributed by atoms with E-state index in [1.54, 1.807) is 7.11 Å². The number of rotatable bonds is 4. The summed E-state index contributed by atoms with van der Waals surface area (Å²) in [5.74, 6) is 7.50. The van der Waals surface area contributed by atoms with Crippen molar-refractivity contribution in [1.82, 2.24) is 0 Å². The first-order valence-electron chi connectivity index (χ1n) is 6.79. The van der Waals surface area contributed by atoms with Crippen LogP contribution < -0.4 is 15.2 Å². The van der Waals surface area contributed by atoms with Crippen LogP contribution in [0.4, 0.5) is 0 Å². The van der Waals surface area contributed by atoms with Gasteiger partial charge in [-0.05, 0) is 36.2 Å². The molecular weight excluding hydrogens is 262 g/mol. The molecule has 108 valence electrons. The van der Waals surface area contributed by atoms with E-state index in [-0.39, 0.29) is 0 Å². The predicted octanol–water partition coefficient (Wildman–Crippen LogP) is 2.89. The largest absolute Gasteiger partial charge is 0.495 e. The van der Waals surface area contributed by atoms with Crippen LogP contribution in [-0.2, 0) is 6.61 Å². The van der Waals surface area contributed by atoms with Gasteiger partial charge in [0.15, 0.2) is 0 Å². The molecule has 0 fully saturated rings. The van der Waals surface area contributed by atoms with Crippen molar-refractivity contribution in [1.29, 1.82) is 0 Å². The molecule has 0 spiro atoms. The Bertz CT molecular complexity index is 668. The van der Waals surface area contributed by atoms with Gasteiger partial charge in [0.25, 0.3) is 0 Å². The van der Waals surface area contributed by atoms with Crippen LogP contribution in [-0.4, -0.2) is 13.7 Å². The van der Waals surface area contributed by atoms with E-state index in [0.717, 1.165) is 28.2 Å². The SMILES string of the molecule is COc1ccc(COc2ccccc2C)cc1C#CCN. The van der Waals surface area contributed by atoms with E-state index in [9.17, 15) is 0 Å². The summed E-state index contributed by atoms with van der Waals surface area (Å²) in [4.78, 5) is 0. The van der Waals surface area contributed by atoms with Crippen LogP contribution in [0.15, 0.2) is 42.5 Å². The molecular formula is C18H19NO2. The van der Waals surface area contributed by atoms with Gasteiger partial charge in [0.2, 0.25) is 0 Å². The van der Waals surface area contributed by atoms with Gasteiger partial charge in [0.05, 0.1) is 19.2 Å². The van der Waals surface area contributed by atoms with Crippen LogP contribution in [0.25, 0.3) is 0 Å². The zero-order valence-corrected chi connectivity index (χ0v) is 12.3. The van der Waals surface area contributed by atoms with Crippen LogP contribution >= 0.6 is 0 Å². The number of aryl methyl sites for hydroxylation is 1. The quantitative estimate of drug-likeness (QED) is 0.876. The Kier molecular flexibility index (Phi) is 5.25. The maximum absolute atomic E-state index is 5.84. The summed E-state index contributed by atoms with van der Waals surface area (Å²) in [6.45, 7) is 2.85. The predicted molar refractivity (Wildman–Crippen MR) is 84.4 cm³/mol. The average molecular weight is 281 g/mol. The molecule has 0 amide bonds. The lowest BCUT2D eigenvalue weighted by molar-refractivity contribution is 0.304. The fourth-order valence-corrected chi connectivity index (χ4v) is 1.97. The van der Waals surface area contributed by atoms with Crippen molar-refractivity contribution in [2.24, 2.45) is 5.73 Å². The summed E-state index contributed by atoms with van der Waals surface area (Å²) in [5.41, 5.74) is 8.41. The van der Waals surface area contributed by atoms with Crippen molar-refractivity contribution in [2.45, 2.75) is 13.5 Å². The molecule has 0 bridgehead atoms. The second kappa shape index (κ2) is 7.37. The normalized spacial score (nSPS) is 9.67. The standard InChI is InChI=1S/C18H19NO2/c1-14-6-3-4-8-17(14)21-13-15-9-10-18(20-2)16(12-15)7-5-11-19/h3-4,6,8-10,12H,11,13,19H2,1-2H3. The van der Waals surface area contributed by atoms with Gasteiger partial charge in [-0.2, -0.15) is 0 Å². The fourth-order valence-electron chi connectivity index (χ4n) is 1.97. The number of hydrogen-bond acceptors (Lipinski definition) is 3. The number of nitrogens with two attached hydrogens (primary N) is 1. The molecule has 0 saturated heterocycles. The minimum Gasteiger partial charge on any atom is -0.495 e. The topological polar surface area (TPSA) is 44.5 Å². The summed E-state index contributed by atoms with van der Waals surface area (Å²) in [7, 11) is 1.63. The molecule has 2 rings (SSSR count). The molecule has 0 atom stereocenters. The molecule has 2 N–H and O–H groups in total. The maximum atomic E-state index is 5.84. The lowest BCUT2D eigenvalue weighted by atomic mass is 10.1. The highest BCUT2D eigenvalue weighted by Crippen LogP contribution is 2.21. The third kappa shape index (κ3) is 4.01. The fraction of sp³-hybridized carbons (Fsp3) is 0.222. The van der Waals surface area contributed by atoms with E-state index in [0.29, 0.717) is 13.2 Å². The van der Waals surface area contributed by atoms with Gasteiger partial charge in [0, 0.05) is 0 Å². The minimum absolute atomic E-state index is 0.326. The second-order valence-electron chi connectivity index (χ2n) is 4.59. The van der Waals surface area contributed by atoms with E-state index in [4.69, 9.17) is 15.2 Å². The van der Waals surface area contributed by atoms with E-state index in [1.165, 1.54) is 0 Å². The monoisotopic (exact) mass is 281 g/mol. The molecule has 3 nitrogen and oxygen atoms in total. The van der Waals surface area contributed by atoms with Crippen molar-refractivity contribution in [3.8, 4) is 23.3 Å². The molecule has 3 heteroatoms. The summed E-state index contributed by atoms with van der Waals surface area (Å²) in [5, 5.41) is 0. The minimum atomic E-state index is 0.326. The highest BCUT2D eigenvalue weighted by molar-refractivity contribution is 5.48. The first-order valence-corrected chi connectivity index (χ1v) is 6.79. The van der Waals surface area contributed by atoms with Gasteiger partial charge in [-0.25, -0.2) is 0 Å². The molecule has 0 aromatic heterocycles. The Hall–Kier alpha value is -2.44. The zero-order valence-electron chi connectivity index (χ0n) is 12.3. The van der Waals surface area contributed by atoms with Crippen LogP contribution in [0.5, 0.6) is 11.5 Å². The van der Waals surface area contributed by atoms with Crippen molar-refractivity contribution < 1.29 is 9.47 Å². The smallest absolute Gasteiger partial charge is 0.134 e. The molecule has 0 saturated carbocycles. The van der Waals surface area contributed by atoms with Crippen molar-refractivity contribution >= 4 is 0 Å². The molecule has 0 aliphatic heterocycles. The van der Waals surface area contributed by atoms with Crippen molar-refractivity contribution in [2.75, 3.05) is 13.7 Å². The molecule has 21 heavy (non-hydrogen) atoms. The third-order valence-electron chi connectivity index (χ3n) is 3.08. The summed E-state index contributed by atoms with van der Waals surface area (Å²) in [6.07, 6.45) is 0. The Morgan fingerprint density at radius 1 is 1.10 bits per heavy atom. The summed E-state index contributed by atoms with van der Waals surface area (Å²) >= 11 is 0. The third-order valence-corrected chi connectivity index (χ3v) is 3.08. The van der Waals surface area contributed by atoms with Crippen LogP contribution in [0.1, 0.15) is 16.7 Å². The first-order chi connectivity index (χ1) is 10.2. The lowest BCUT2D eigenvalue weighted by Crippen LogP contribution is -1.99. The van der Waals surface area contributed by atoms with E-state index < -0.39 is 0 Å². The number of methoxy groups -OCH3 is 1. The number of ether oxygens (including phenoxy) is 2. The van der Waals surface area contributed by atoms with E-state index >= 15 is 0 Å². The van der Waals surface area contributed by atoms with Gasteiger partial charge < -0.3 is 15.2 Å². The van der Waals surface area contributed by atoms with Gasteiger partial charge in [0.1, 0.15) is 18.1 Å². The van der Waals surface area contributed by atoms with Crippen molar-refractivity contribution in [3.05, 3.63) is 59.2 Å². The number of para-hydroxylation sites is 1. The number of benzene rings is 2. The molecule has 0 heterocycles. The Labute approximate surface area is 125 Å². The molecule has 0 unspecified atom stereocenters. The van der Waals surface area contributed by atoms with Gasteiger partial charge in [-0.3, -0.25) is 0 Å². The summed E-state index contributed by atoms with van der Waals surface area (Å²) < 4.78 is 11.1. The highest BCUT2D eigenvalue weighted by atomic mass is 16.5. The molecule has 2 aromatic carbocycles. The highest BCUT2D eigenvalue weighted by Gasteiger charge is 2.04. The van der Waals surface area contributed by atoms with Crippen LogP contribution in [0.2, 0.25) is 0 Å². The average Bonchev–Trinajstić information content (AvgIpc) is 2.52. The second-order valence-corrected chi connectivity index (χ2v) is 4.59. The Balaban J connectivity index is 2.15. The van der Waals surface area contributed by atoms with E-state index in [1.807, 2.05) is 49.4 Å². The maximum Gasteiger partial charge on any atom is 0.134 e. The first kappa shape index (κ1) is 15.0. The van der Waals surface area contributed by atoms with E-state index in [2.05, 4.69) is 11.8 Å². The molecule has 0 radical (unpaired) electrons. The summed E-state index contributed by atoms with van der Waals surface area (Å²) in [6, 6.07) is 13.8. The van der Waals surface area contributed by atoms with Crippen molar-refractivity contribution in [3.63, 3.8) is 0 Å². The molecule has 0 aliphatic carbocycles. The van der Waals surface area contributed by atoms with Gasteiger partial charge in [-0.1, -0.05) is 36.1 Å². The zero-order chi connectivity index (χ0) is 15.1. The molecule has 2 aromatic rings. The van der Waals surface area contributed by atoms with Gasteiger partial charge in [-0.15, -0.1) is 0 Å². The molecule has 0 aliphatic rings. The van der Waals surface area contributed by atoms with Crippen LogP contribution in [0, 0.1) is 18.8 Å². The Morgan fingerprint density at radius 3 is 2.62 bits per heavy atom. The van der Waals surface area contributed by atoms with Gasteiger partial charge >= 0.3 is 0 Å². The van der Waals surface area contributed by atoms with Crippen LogP contribution in [0.3, 0.4) is 0 Å². The lowest BCUT2D eigenvalue weighted by Gasteiger charge is -2.10. The Morgan fingerprint density at radius 2 is 1.90 bits per heavy atom. The number of hydrogen-bond donors (Lipinski definition) is 1.